The van der Waals surface area contributed by atoms with E-state index in [9.17, 15) is 8.42 Å². The van der Waals surface area contributed by atoms with Gasteiger partial charge in [-0.1, -0.05) is 37.0 Å². The third-order valence-corrected chi connectivity index (χ3v) is 4.78. The predicted octanol–water partition coefficient (Wildman–Crippen LogP) is 3.07. The molecule has 0 aliphatic rings. The van der Waals surface area contributed by atoms with Crippen LogP contribution < -0.4 is 10.5 Å². The molecule has 0 heterocycles. The van der Waals surface area contributed by atoms with Crippen LogP contribution in [0.1, 0.15) is 20.3 Å². The third kappa shape index (κ3) is 5.76. The molecule has 1 rings (SSSR count). The summed E-state index contributed by atoms with van der Waals surface area (Å²) in [6.07, 6.45) is 0.661. The molecule has 116 valence electrons. The van der Waals surface area contributed by atoms with Crippen LogP contribution in [0.4, 0.5) is 0 Å². The monoisotopic (exact) mass is 360 g/mol. The van der Waals surface area contributed by atoms with Gasteiger partial charge in [0.05, 0.1) is 5.02 Å². The minimum atomic E-state index is -3.72. The number of hydrogen-bond donors (Lipinski definition) is 2. The molecule has 0 amide bonds. The lowest BCUT2D eigenvalue weighted by molar-refractivity contribution is 0.465. The highest BCUT2D eigenvalue weighted by Gasteiger charge is 2.22. The standard InChI is InChI=1S/C12H18Cl2N2O2S.ClH/c1-8(2)5-10(7-15)16-19(17,18)12-6-9(13)3-4-11(12)14;/h3-4,6,8,10,16H,5,7,15H2,1-2H3;1H. The molecule has 0 radical (unpaired) electrons. The van der Waals surface area contributed by atoms with Crippen molar-refractivity contribution in [3.8, 4) is 0 Å². The zero-order chi connectivity index (χ0) is 14.6. The van der Waals surface area contributed by atoms with Crippen molar-refractivity contribution in [1.29, 1.82) is 0 Å². The minimum absolute atomic E-state index is 0. The van der Waals surface area contributed by atoms with Gasteiger partial charge in [0, 0.05) is 17.6 Å². The lowest BCUT2D eigenvalue weighted by Crippen LogP contribution is -2.41. The van der Waals surface area contributed by atoms with Crippen LogP contribution in [0.25, 0.3) is 0 Å². The van der Waals surface area contributed by atoms with Crippen LogP contribution in [0.2, 0.25) is 10.0 Å². The summed E-state index contributed by atoms with van der Waals surface area (Å²) in [6, 6.07) is 4.00. The zero-order valence-electron chi connectivity index (χ0n) is 11.3. The Kier molecular flexibility index (Phi) is 8.40. The van der Waals surface area contributed by atoms with Crippen molar-refractivity contribution in [3.63, 3.8) is 0 Å². The van der Waals surface area contributed by atoms with Gasteiger partial charge >= 0.3 is 0 Å². The quantitative estimate of drug-likeness (QED) is 0.818. The Morgan fingerprint density at radius 3 is 2.40 bits per heavy atom. The van der Waals surface area contributed by atoms with E-state index in [0.717, 1.165) is 0 Å². The van der Waals surface area contributed by atoms with E-state index in [0.29, 0.717) is 17.4 Å². The summed E-state index contributed by atoms with van der Waals surface area (Å²) in [7, 11) is -3.72. The molecule has 0 saturated carbocycles. The van der Waals surface area contributed by atoms with Crippen molar-refractivity contribution in [3.05, 3.63) is 28.2 Å². The van der Waals surface area contributed by atoms with E-state index in [1.165, 1.54) is 18.2 Å². The van der Waals surface area contributed by atoms with Crippen LogP contribution in [0.3, 0.4) is 0 Å². The van der Waals surface area contributed by atoms with E-state index in [2.05, 4.69) is 4.72 Å². The Balaban J connectivity index is 0.00000361. The molecule has 8 heteroatoms. The molecule has 0 spiro atoms. The van der Waals surface area contributed by atoms with Crippen molar-refractivity contribution in [1.82, 2.24) is 4.72 Å². The molecular weight excluding hydrogens is 343 g/mol. The van der Waals surface area contributed by atoms with Gasteiger partial charge in [-0.25, -0.2) is 13.1 Å². The molecule has 1 atom stereocenters. The van der Waals surface area contributed by atoms with Crippen LogP contribution in [-0.2, 0) is 10.0 Å². The fourth-order valence-corrected chi connectivity index (χ4v) is 3.75. The van der Waals surface area contributed by atoms with Gasteiger partial charge in [-0.15, -0.1) is 12.4 Å². The van der Waals surface area contributed by atoms with E-state index in [1.807, 2.05) is 13.8 Å². The SMILES string of the molecule is CC(C)CC(CN)NS(=O)(=O)c1cc(Cl)ccc1Cl.Cl. The molecule has 0 aromatic heterocycles. The van der Waals surface area contributed by atoms with Gasteiger partial charge in [0.25, 0.3) is 0 Å². The van der Waals surface area contributed by atoms with Gasteiger partial charge in [-0.05, 0) is 30.5 Å². The highest BCUT2D eigenvalue weighted by atomic mass is 35.5. The summed E-state index contributed by atoms with van der Waals surface area (Å²) in [6.45, 7) is 4.24. The second-order valence-electron chi connectivity index (χ2n) is 4.76. The highest BCUT2D eigenvalue weighted by molar-refractivity contribution is 7.89. The molecule has 0 saturated heterocycles. The second kappa shape index (κ2) is 8.41. The van der Waals surface area contributed by atoms with E-state index in [-0.39, 0.29) is 34.9 Å². The van der Waals surface area contributed by atoms with Crippen molar-refractivity contribution >= 4 is 45.6 Å². The van der Waals surface area contributed by atoms with Gasteiger partial charge in [-0.2, -0.15) is 0 Å². The summed E-state index contributed by atoms with van der Waals surface area (Å²) >= 11 is 11.7. The van der Waals surface area contributed by atoms with Crippen molar-refractivity contribution in [2.75, 3.05) is 6.54 Å². The zero-order valence-corrected chi connectivity index (χ0v) is 14.4. The average Bonchev–Trinajstić information content (AvgIpc) is 2.30. The van der Waals surface area contributed by atoms with Gasteiger partial charge in [0.2, 0.25) is 10.0 Å². The van der Waals surface area contributed by atoms with E-state index < -0.39 is 10.0 Å². The van der Waals surface area contributed by atoms with E-state index >= 15 is 0 Å². The first-order valence-corrected chi connectivity index (χ1v) is 8.17. The molecule has 0 bridgehead atoms. The summed E-state index contributed by atoms with van der Waals surface area (Å²) in [5, 5.41) is 0.454. The number of rotatable bonds is 6. The molecule has 0 aliphatic heterocycles. The van der Waals surface area contributed by atoms with Gasteiger partial charge < -0.3 is 5.73 Å². The molecule has 0 aliphatic carbocycles. The van der Waals surface area contributed by atoms with E-state index in [4.69, 9.17) is 28.9 Å². The van der Waals surface area contributed by atoms with Crippen molar-refractivity contribution < 1.29 is 8.42 Å². The van der Waals surface area contributed by atoms with Gasteiger partial charge in [-0.3, -0.25) is 0 Å². The number of sulfonamides is 1. The first-order chi connectivity index (χ1) is 8.76. The molecule has 1 unspecified atom stereocenters. The molecule has 1 aromatic carbocycles. The fourth-order valence-electron chi connectivity index (χ4n) is 1.73. The molecule has 4 nitrogen and oxygen atoms in total. The fraction of sp³-hybridized carbons (Fsp3) is 0.500. The summed E-state index contributed by atoms with van der Waals surface area (Å²) < 4.78 is 27.1. The summed E-state index contributed by atoms with van der Waals surface area (Å²) in [5.74, 6) is 0.339. The molecule has 3 N–H and O–H groups in total. The lowest BCUT2D eigenvalue weighted by Gasteiger charge is -2.19. The molecular formula is C12H19Cl3N2O2S. The van der Waals surface area contributed by atoms with Crippen LogP contribution in [0, 0.1) is 5.92 Å². The van der Waals surface area contributed by atoms with Gasteiger partial charge in [0.15, 0.2) is 0 Å². The lowest BCUT2D eigenvalue weighted by atomic mass is 10.1. The van der Waals surface area contributed by atoms with Crippen LogP contribution >= 0.6 is 35.6 Å². The number of halogens is 3. The summed E-state index contributed by atoms with van der Waals surface area (Å²) in [4.78, 5) is -0.0242. The minimum Gasteiger partial charge on any atom is -0.329 e. The summed E-state index contributed by atoms with van der Waals surface area (Å²) in [5.41, 5.74) is 5.59. The number of nitrogens with one attached hydrogen (secondary N) is 1. The maximum Gasteiger partial charge on any atom is 0.242 e. The third-order valence-electron chi connectivity index (χ3n) is 2.55. The Morgan fingerprint density at radius 2 is 1.90 bits per heavy atom. The number of hydrogen-bond acceptors (Lipinski definition) is 3. The smallest absolute Gasteiger partial charge is 0.242 e. The van der Waals surface area contributed by atoms with Crippen LogP contribution in [-0.4, -0.2) is 21.0 Å². The Hall–Kier alpha value is -0.0400. The predicted molar refractivity (Wildman–Crippen MR) is 86.3 cm³/mol. The Bertz CT molecular complexity index is 536. The number of benzene rings is 1. The second-order valence-corrected chi connectivity index (χ2v) is 7.28. The Morgan fingerprint density at radius 1 is 1.30 bits per heavy atom. The number of nitrogens with two attached hydrogens (primary N) is 1. The van der Waals surface area contributed by atoms with E-state index in [1.54, 1.807) is 0 Å². The molecule has 1 aromatic rings. The van der Waals surface area contributed by atoms with Gasteiger partial charge in [0.1, 0.15) is 4.90 Å². The Labute approximate surface area is 136 Å². The molecule has 0 fully saturated rings. The normalized spacial score (nSPS) is 13.1. The van der Waals surface area contributed by atoms with Crippen molar-refractivity contribution in [2.45, 2.75) is 31.2 Å². The van der Waals surface area contributed by atoms with Crippen molar-refractivity contribution in [2.24, 2.45) is 11.7 Å². The highest BCUT2D eigenvalue weighted by Crippen LogP contribution is 2.25. The largest absolute Gasteiger partial charge is 0.329 e. The molecule has 20 heavy (non-hydrogen) atoms. The van der Waals surface area contributed by atoms with Crippen LogP contribution in [0.15, 0.2) is 23.1 Å². The maximum atomic E-state index is 12.2. The topological polar surface area (TPSA) is 72.2 Å². The first-order valence-electron chi connectivity index (χ1n) is 5.93. The van der Waals surface area contributed by atoms with Crippen LogP contribution in [0.5, 0.6) is 0 Å². The first kappa shape index (κ1) is 20.0. The average molecular weight is 362 g/mol. The maximum absolute atomic E-state index is 12.2.